The molecule has 30 heavy (non-hydrogen) atoms. The topological polar surface area (TPSA) is 62.5 Å². The highest BCUT2D eigenvalue weighted by Crippen LogP contribution is 2.32. The molecular weight excluding hydrogens is 378 g/mol. The molecule has 0 unspecified atom stereocenters. The SMILES string of the molecule is COc1ccc(NC(=O)[C@@H]2c3cccc[n+]3CC(=O)N2c2ccc(C)cc2C)cc1. The van der Waals surface area contributed by atoms with Gasteiger partial charge in [0.2, 0.25) is 18.3 Å². The lowest BCUT2D eigenvalue weighted by Crippen LogP contribution is -2.58. The van der Waals surface area contributed by atoms with Gasteiger partial charge in [-0.3, -0.25) is 14.5 Å². The van der Waals surface area contributed by atoms with E-state index in [1.54, 1.807) is 36.3 Å². The number of hydrogen-bond donors (Lipinski definition) is 1. The van der Waals surface area contributed by atoms with Crippen LogP contribution in [0.3, 0.4) is 0 Å². The number of nitrogens with one attached hydrogen (secondary N) is 1. The van der Waals surface area contributed by atoms with Crippen LogP contribution in [0.25, 0.3) is 0 Å². The Morgan fingerprint density at radius 1 is 1.10 bits per heavy atom. The third-order valence-corrected chi connectivity index (χ3v) is 5.31. The van der Waals surface area contributed by atoms with Gasteiger partial charge in [-0.25, -0.2) is 0 Å². The molecule has 1 aliphatic rings. The molecule has 4 rings (SSSR count). The van der Waals surface area contributed by atoms with Crippen LogP contribution in [0.5, 0.6) is 5.75 Å². The number of carbonyl (C=O) groups is 2. The van der Waals surface area contributed by atoms with Crippen molar-refractivity contribution < 1.29 is 18.9 Å². The standard InChI is InChI=1S/C24H23N3O3/c1-16-7-12-20(17(2)14-16)27-22(28)15-26-13-5-4-6-21(26)23(27)24(29)25-18-8-10-19(30-3)11-9-18/h4-14,23H,15H2,1-3H3/p+1/t23-/m0/s1. The molecule has 0 aliphatic carbocycles. The van der Waals surface area contributed by atoms with E-state index in [9.17, 15) is 9.59 Å². The van der Waals surface area contributed by atoms with Crippen molar-refractivity contribution in [3.63, 3.8) is 0 Å². The lowest BCUT2D eigenvalue weighted by Gasteiger charge is -2.33. The van der Waals surface area contributed by atoms with Crippen LogP contribution in [0.2, 0.25) is 0 Å². The Bertz CT molecular complexity index is 1110. The molecule has 3 aromatic rings. The molecule has 6 nitrogen and oxygen atoms in total. The van der Waals surface area contributed by atoms with Gasteiger partial charge in [-0.2, -0.15) is 4.57 Å². The molecule has 152 valence electrons. The Hall–Kier alpha value is -3.67. The maximum Gasteiger partial charge on any atom is 0.294 e. The van der Waals surface area contributed by atoms with Crippen LogP contribution in [0.1, 0.15) is 22.9 Å². The number of rotatable bonds is 4. The predicted molar refractivity (Wildman–Crippen MR) is 114 cm³/mol. The molecule has 2 aromatic carbocycles. The second-order valence-electron chi connectivity index (χ2n) is 7.43. The van der Waals surface area contributed by atoms with Crippen LogP contribution < -0.4 is 19.5 Å². The number of carbonyl (C=O) groups excluding carboxylic acids is 2. The summed E-state index contributed by atoms with van der Waals surface area (Å²) < 4.78 is 7.01. The summed E-state index contributed by atoms with van der Waals surface area (Å²) in [7, 11) is 1.59. The fourth-order valence-corrected chi connectivity index (χ4v) is 3.87. The Morgan fingerprint density at radius 2 is 1.87 bits per heavy atom. The molecule has 0 radical (unpaired) electrons. The zero-order valence-electron chi connectivity index (χ0n) is 17.3. The number of amides is 2. The Kier molecular flexibility index (Phi) is 5.23. The van der Waals surface area contributed by atoms with E-state index in [0.717, 1.165) is 22.5 Å². The van der Waals surface area contributed by atoms with E-state index in [4.69, 9.17) is 4.74 Å². The van der Waals surface area contributed by atoms with Crippen LogP contribution in [0, 0.1) is 13.8 Å². The lowest BCUT2D eigenvalue weighted by atomic mass is 10.0. The summed E-state index contributed by atoms with van der Waals surface area (Å²) in [5.74, 6) is 0.312. The highest BCUT2D eigenvalue weighted by atomic mass is 16.5. The number of nitrogens with zero attached hydrogens (tertiary/aromatic N) is 2. The lowest BCUT2D eigenvalue weighted by molar-refractivity contribution is -0.695. The Morgan fingerprint density at radius 3 is 2.57 bits per heavy atom. The van der Waals surface area contributed by atoms with Gasteiger partial charge in [0.1, 0.15) is 5.75 Å². The van der Waals surface area contributed by atoms with E-state index >= 15 is 0 Å². The summed E-state index contributed by atoms with van der Waals surface area (Å²) in [5.41, 5.74) is 4.21. The molecule has 1 atom stereocenters. The zero-order chi connectivity index (χ0) is 21.3. The molecule has 6 heteroatoms. The van der Waals surface area contributed by atoms with E-state index in [1.165, 1.54) is 0 Å². The van der Waals surface area contributed by atoms with Crippen molar-refractivity contribution in [3.05, 3.63) is 83.7 Å². The van der Waals surface area contributed by atoms with E-state index in [0.29, 0.717) is 11.4 Å². The maximum absolute atomic E-state index is 13.4. The number of fused-ring (bicyclic) bond motifs is 1. The third-order valence-electron chi connectivity index (χ3n) is 5.31. The summed E-state index contributed by atoms with van der Waals surface area (Å²) in [6.07, 6.45) is 1.83. The maximum atomic E-state index is 13.4. The monoisotopic (exact) mass is 402 g/mol. The average Bonchev–Trinajstić information content (AvgIpc) is 2.74. The van der Waals surface area contributed by atoms with Crippen molar-refractivity contribution in [1.82, 2.24) is 0 Å². The number of methoxy groups -OCH3 is 1. The van der Waals surface area contributed by atoms with E-state index in [2.05, 4.69) is 5.32 Å². The molecule has 2 amide bonds. The largest absolute Gasteiger partial charge is 0.497 e. The predicted octanol–water partition coefficient (Wildman–Crippen LogP) is 3.33. The number of aromatic nitrogens is 1. The highest BCUT2D eigenvalue weighted by Gasteiger charge is 2.44. The van der Waals surface area contributed by atoms with Crippen molar-refractivity contribution in [2.75, 3.05) is 17.3 Å². The van der Waals surface area contributed by atoms with Gasteiger partial charge in [0.25, 0.3) is 11.8 Å². The minimum absolute atomic E-state index is 0.125. The van der Waals surface area contributed by atoms with Crippen molar-refractivity contribution in [3.8, 4) is 5.75 Å². The van der Waals surface area contributed by atoms with E-state index in [1.807, 2.05) is 61.0 Å². The normalized spacial score (nSPS) is 15.5. The first-order valence-corrected chi connectivity index (χ1v) is 9.80. The van der Waals surface area contributed by atoms with Gasteiger partial charge in [0, 0.05) is 23.5 Å². The summed E-state index contributed by atoms with van der Waals surface area (Å²) in [6.45, 7) is 4.16. The van der Waals surface area contributed by atoms with Crippen molar-refractivity contribution in [2.24, 2.45) is 0 Å². The molecule has 2 heterocycles. The number of benzene rings is 2. The second kappa shape index (κ2) is 7.99. The molecule has 0 spiro atoms. The van der Waals surface area contributed by atoms with E-state index in [-0.39, 0.29) is 18.4 Å². The summed E-state index contributed by atoms with van der Waals surface area (Å²) in [4.78, 5) is 28.2. The number of anilines is 2. The zero-order valence-corrected chi connectivity index (χ0v) is 17.3. The minimum Gasteiger partial charge on any atom is -0.497 e. The first-order valence-electron chi connectivity index (χ1n) is 9.80. The van der Waals surface area contributed by atoms with Gasteiger partial charge in [-0.1, -0.05) is 23.8 Å². The molecule has 0 fully saturated rings. The van der Waals surface area contributed by atoms with Crippen LogP contribution >= 0.6 is 0 Å². The van der Waals surface area contributed by atoms with Crippen LogP contribution in [0.15, 0.2) is 66.9 Å². The summed E-state index contributed by atoms with van der Waals surface area (Å²) >= 11 is 0. The Balaban J connectivity index is 1.76. The van der Waals surface area contributed by atoms with Gasteiger partial charge < -0.3 is 10.1 Å². The average molecular weight is 402 g/mol. The van der Waals surface area contributed by atoms with Crippen molar-refractivity contribution >= 4 is 23.2 Å². The van der Waals surface area contributed by atoms with E-state index < -0.39 is 6.04 Å². The molecule has 1 aromatic heterocycles. The first kappa shape index (κ1) is 19.6. The summed E-state index contributed by atoms with van der Waals surface area (Å²) in [5, 5.41) is 2.95. The summed E-state index contributed by atoms with van der Waals surface area (Å²) in [6, 6.07) is 17.9. The molecule has 0 saturated carbocycles. The fraction of sp³-hybridized carbons (Fsp3) is 0.208. The van der Waals surface area contributed by atoms with Crippen LogP contribution in [0.4, 0.5) is 11.4 Å². The quantitative estimate of drug-likeness (QED) is 0.681. The minimum atomic E-state index is -0.782. The fourth-order valence-electron chi connectivity index (χ4n) is 3.87. The van der Waals surface area contributed by atoms with Gasteiger partial charge >= 0.3 is 0 Å². The highest BCUT2D eigenvalue weighted by molar-refractivity contribution is 6.05. The van der Waals surface area contributed by atoms with Crippen molar-refractivity contribution in [1.29, 1.82) is 0 Å². The number of ether oxygens (including phenoxy) is 1. The van der Waals surface area contributed by atoms with Gasteiger partial charge in [0.15, 0.2) is 6.20 Å². The van der Waals surface area contributed by atoms with Crippen LogP contribution in [-0.4, -0.2) is 18.9 Å². The third kappa shape index (κ3) is 3.64. The Labute approximate surface area is 175 Å². The van der Waals surface area contributed by atoms with Gasteiger partial charge in [0.05, 0.1) is 7.11 Å². The first-order chi connectivity index (χ1) is 14.5. The molecule has 0 saturated heterocycles. The molecule has 1 aliphatic heterocycles. The number of aryl methyl sites for hydroxylation is 2. The molecular formula is C24H24N3O3+. The van der Waals surface area contributed by atoms with Crippen LogP contribution in [-0.2, 0) is 16.1 Å². The van der Waals surface area contributed by atoms with Gasteiger partial charge in [-0.05, 0) is 49.7 Å². The van der Waals surface area contributed by atoms with Gasteiger partial charge in [-0.15, -0.1) is 0 Å². The second-order valence-corrected chi connectivity index (χ2v) is 7.43. The van der Waals surface area contributed by atoms with Crippen molar-refractivity contribution in [2.45, 2.75) is 26.4 Å². The number of hydrogen-bond acceptors (Lipinski definition) is 3. The smallest absolute Gasteiger partial charge is 0.294 e. The molecule has 1 N–H and O–H groups in total. The molecule has 0 bridgehead atoms. The number of pyridine rings is 1.